The standard InChI is InChI=1S/C17H23N5O2/c1-3-17(4-2,11-18)16(24)20-12-5-7-13(8-6-12)22-10-9-14(21-22)15(19)23/h5-10H,3-4,11,18H2,1-2H3,(H2,19,23)(H,20,24). The molecule has 0 aliphatic heterocycles. The van der Waals surface area contributed by atoms with Crippen LogP contribution >= 0.6 is 0 Å². The summed E-state index contributed by atoms with van der Waals surface area (Å²) in [5.41, 5.74) is 12.1. The maximum atomic E-state index is 12.5. The van der Waals surface area contributed by atoms with E-state index in [4.69, 9.17) is 11.5 Å². The summed E-state index contributed by atoms with van der Waals surface area (Å²) in [4.78, 5) is 23.6. The number of benzene rings is 1. The number of hydrogen-bond acceptors (Lipinski definition) is 4. The third kappa shape index (κ3) is 3.46. The highest BCUT2D eigenvalue weighted by Gasteiger charge is 2.33. The van der Waals surface area contributed by atoms with Crippen LogP contribution in [0.5, 0.6) is 0 Å². The molecule has 5 N–H and O–H groups in total. The maximum absolute atomic E-state index is 12.5. The molecule has 24 heavy (non-hydrogen) atoms. The molecule has 0 saturated heterocycles. The minimum Gasteiger partial charge on any atom is -0.364 e. The Morgan fingerprint density at radius 3 is 2.25 bits per heavy atom. The second kappa shape index (κ2) is 7.27. The number of carbonyl (C=O) groups is 2. The van der Waals surface area contributed by atoms with Crippen LogP contribution in [-0.4, -0.2) is 28.1 Å². The van der Waals surface area contributed by atoms with E-state index in [0.717, 1.165) is 5.69 Å². The van der Waals surface area contributed by atoms with Crippen molar-refractivity contribution in [2.24, 2.45) is 16.9 Å². The average molecular weight is 329 g/mol. The zero-order valence-corrected chi connectivity index (χ0v) is 14.0. The Morgan fingerprint density at radius 2 is 1.79 bits per heavy atom. The van der Waals surface area contributed by atoms with Gasteiger partial charge in [0.15, 0.2) is 0 Å². The molecule has 128 valence electrons. The van der Waals surface area contributed by atoms with E-state index in [1.807, 2.05) is 13.8 Å². The number of aromatic nitrogens is 2. The van der Waals surface area contributed by atoms with Gasteiger partial charge in [0.05, 0.1) is 11.1 Å². The predicted molar refractivity (Wildman–Crippen MR) is 92.8 cm³/mol. The molecule has 0 fully saturated rings. The molecule has 0 aliphatic rings. The van der Waals surface area contributed by atoms with Crippen molar-refractivity contribution < 1.29 is 9.59 Å². The highest BCUT2D eigenvalue weighted by Crippen LogP contribution is 2.27. The Morgan fingerprint density at radius 1 is 1.17 bits per heavy atom. The molecule has 2 aromatic rings. The van der Waals surface area contributed by atoms with Crippen LogP contribution in [0.2, 0.25) is 0 Å². The van der Waals surface area contributed by atoms with Crippen molar-refractivity contribution in [3.8, 4) is 5.69 Å². The summed E-state index contributed by atoms with van der Waals surface area (Å²) in [5, 5.41) is 7.00. The van der Waals surface area contributed by atoms with Gasteiger partial charge in [-0.05, 0) is 43.2 Å². The van der Waals surface area contributed by atoms with E-state index in [9.17, 15) is 9.59 Å². The van der Waals surface area contributed by atoms with E-state index < -0.39 is 11.3 Å². The highest BCUT2D eigenvalue weighted by atomic mass is 16.2. The van der Waals surface area contributed by atoms with E-state index in [1.54, 1.807) is 41.2 Å². The van der Waals surface area contributed by atoms with Crippen LogP contribution < -0.4 is 16.8 Å². The Hall–Kier alpha value is -2.67. The van der Waals surface area contributed by atoms with E-state index >= 15 is 0 Å². The van der Waals surface area contributed by atoms with Crippen molar-refractivity contribution in [3.63, 3.8) is 0 Å². The van der Waals surface area contributed by atoms with Crippen LogP contribution in [0.3, 0.4) is 0 Å². The summed E-state index contributed by atoms with van der Waals surface area (Å²) in [6, 6.07) is 8.72. The Kier molecular flexibility index (Phi) is 5.35. The number of amides is 2. The number of carbonyl (C=O) groups excluding carboxylic acids is 2. The number of nitrogens with two attached hydrogens (primary N) is 2. The SMILES string of the molecule is CCC(CC)(CN)C(=O)Nc1ccc(-n2ccc(C(N)=O)n2)cc1. The molecule has 0 atom stereocenters. The number of primary amides is 1. The van der Waals surface area contributed by atoms with E-state index in [2.05, 4.69) is 10.4 Å². The van der Waals surface area contributed by atoms with Gasteiger partial charge in [0, 0.05) is 18.4 Å². The van der Waals surface area contributed by atoms with Crippen LogP contribution in [0, 0.1) is 5.41 Å². The predicted octanol–water partition coefficient (Wildman–Crippen LogP) is 1.67. The van der Waals surface area contributed by atoms with Gasteiger partial charge in [-0.15, -0.1) is 0 Å². The van der Waals surface area contributed by atoms with Crippen molar-refractivity contribution in [1.29, 1.82) is 0 Å². The zero-order valence-electron chi connectivity index (χ0n) is 14.0. The summed E-state index contributed by atoms with van der Waals surface area (Å²) in [5.74, 6) is -0.646. The zero-order chi connectivity index (χ0) is 17.7. The number of hydrogen-bond donors (Lipinski definition) is 3. The van der Waals surface area contributed by atoms with Gasteiger partial charge in [-0.3, -0.25) is 9.59 Å². The molecule has 0 aliphatic carbocycles. The van der Waals surface area contributed by atoms with Gasteiger partial charge in [0.25, 0.3) is 5.91 Å². The third-order valence-electron chi connectivity index (χ3n) is 4.46. The third-order valence-corrected chi connectivity index (χ3v) is 4.46. The van der Waals surface area contributed by atoms with Crippen molar-refractivity contribution in [1.82, 2.24) is 9.78 Å². The van der Waals surface area contributed by atoms with Crippen LogP contribution in [0.1, 0.15) is 37.2 Å². The smallest absolute Gasteiger partial charge is 0.269 e. The molecule has 2 rings (SSSR count). The van der Waals surface area contributed by atoms with Gasteiger partial charge < -0.3 is 16.8 Å². The number of rotatable bonds is 7. The van der Waals surface area contributed by atoms with Gasteiger partial charge in [-0.1, -0.05) is 13.8 Å². The van der Waals surface area contributed by atoms with Gasteiger partial charge in [-0.25, -0.2) is 4.68 Å². The highest BCUT2D eigenvalue weighted by molar-refractivity contribution is 5.95. The first kappa shape index (κ1) is 17.7. The number of nitrogens with zero attached hydrogens (tertiary/aromatic N) is 2. The molecule has 0 saturated carbocycles. The monoisotopic (exact) mass is 329 g/mol. The molecule has 7 nitrogen and oxygen atoms in total. The first-order valence-corrected chi connectivity index (χ1v) is 7.93. The lowest BCUT2D eigenvalue weighted by Crippen LogP contribution is -2.41. The molecule has 1 heterocycles. The second-order valence-electron chi connectivity index (χ2n) is 5.70. The fraction of sp³-hybridized carbons (Fsp3) is 0.353. The van der Waals surface area contributed by atoms with Crippen molar-refractivity contribution in [2.45, 2.75) is 26.7 Å². The largest absolute Gasteiger partial charge is 0.364 e. The van der Waals surface area contributed by atoms with Crippen molar-refractivity contribution >= 4 is 17.5 Å². The van der Waals surface area contributed by atoms with Gasteiger partial charge in [0.1, 0.15) is 5.69 Å². The van der Waals surface area contributed by atoms with Gasteiger partial charge in [-0.2, -0.15) is 5.10 Å². The van der Waals surface area contributed by atoms with E-state index in [0.29, 0.717) is 25.1 Å². The van der Waals surface area contributed by atoms with Crippen molar-refractivity contribution in [2.75, 3.05) is 11.9 Å². The molecule has 1 aromatic heterocycles. The fourth-order valence-corrected chi connectivity index (χ4v) is 2.51. The number of nitrogens with one attached hydrogen (secondary N) is 1. The van der Waals surface area contributed by atoms with E-state index in [-0.39, 0.29) is 11.6 Å². The maximum Gasteiger partial charge on any atom is 0.269 e. The van der Waals surface area contributed by atoms with Crippen LogP contribution in [0.4, 0.5) is 5.69 Å². The summed E-state index contributed by atoms with van der Waals surface area (Å²) in [6.07, 6.45) is 3.03. The Balaban J connectivity index is 2.14. The topological polar surface area (TPSA) is 116 Å². The molecular weight excluding hydrogens is 306 g/mol. The van der Waals surface area contributed by atoms with E-state index in [1.165, 1.54) is 0 Å². The van der Waals surface area contributed by atoms with Crippen LogP contribution in [0.15, 0.2) is 36.5 Å². The summed E-state index contributed by atoms with van der Waals surface area (Å²) in [6.45, 7) is 4.24. The van der Waals surface area contributed by atoms with Gasteiger partial charge in [0.2, 0.25) is 5.91 Å². The fourth-order valence-electron chi connectivity index (χ4n) is 2.51. The van der Waals surface area contributed by atoms with Gasteiger partial charge >= 0.3 is 0 Å². The summed E-state index contributed by atoms with van der Waals surface area (Å²) < 4.78 is 1.55. The molecule has 0 radical (unpaired) electrons. The Bertz CT molecular complexity index is 709. The lowest BCUT2D eigenvalue weighted by atomic mass is 9.81. The summed E-state index contributed by atoms with van der Waals surface area (Å²) in [7, 11) is 0. The quantitative estimate of drug-likeness (QED) is 0.716. The second-order valence-corrected chi connectivity index (χ2v) is 5.70. The molecule has 1 aromatic carbocycles. The van der Waals surface area contributed by atoms with Crippen molar-refractivity contribution in [3.05, 3.63) is 42.2 Å². The van der Waals surface area contributed by atoms with Crippen LogP contribution in [0.25, 0.3) is 5.69 Å². The molecule has 7 heteroatoms. The number of anilines is 1. The average Bonchev–Trinajstić information content (AvgIpc) is 3.08. The minimum atomic E-state index is -0.574. The molecule has 0 spiro atoms. The first-order chi connectivity index (χ1) is 11.5. The lowest BCUT2D eigenvalue weighted by molar-refractivity contribution is -0.125. The van der Waals surface area contributed by atoms with Crippen LogP contribution in [-0.2, 0) is 4.79 Å². The normalized spacial score (nSPS) is 11.3. The first-order valence-electron chi connectivity index (χ1n) is 7.93. The molecule has 0 bridgehead atoms. The Labute approximate surface area is 141 Å². The molecule has 2 amide bonds. The lowest BCUT2D eigenvalue weighted by Gasteiger charge is -2.28. The summed E-state index contributed by atoms with van der Waals surface area (Å²) >= 11 is 0. The molecular formula is C17H23N5O2. The molecule has 0 unspecified atom stereocenters. The minimum absolute atomic E-state index is 0.0714.